The van der Waals surface area contributed by atoms with Crippen LogP contribution in [0.3, 0.4) is 0 Å². The molecule has 2 fully saturated rings. The number of aromatic hydroxyl groups is 1. The fraction of sp³-hybridized carbons (Fsp3) is 0.600. The minimum absolute atomic E-state index is 0.262. The highest BCUT2D eigenvalue weighted by Crippen LogP contribution is 2.38. The Balaban J connectivity index is 1.74. The smallest absolute Gasteiger partial charge is 0.138 e. The zero-order valence-corrected chi connectivity index (χ0v) is 11.4. The second kappa shape index (κ2) is 5.10. The quantitative estimate of drug-likeness (QED) is 0.879. The third kappa shape index (κ3) is 2.24. The van der Waals surface area contributed by atoms with E-state index in [0.717, 1.165) is 24.1 Å². The van der Waals surface area contributed by atoms with Crippen molar-refractivity contribution in [3.8, 4) is 5.75 Å². The standard InChI is InChI=1S/C15H20ClNO/c16-13-6-3-5-12(15(13)18)10-17-9-8-11-4-1-2-7-14(11)17/h3,5-6,11,14,18H,1-2,4,7-10H2. The van der Waals surface area contributed by atoms with Crippen LogP contribution in [0.15, 0.2) is 18.2 Å². The van der Waals surface area contributed by atoms with Crippen LogP contribution in [0, 0.1) is 5.92 Å². The van der Waals surface area contributed by atoms with Gasteiger partial charge in [-0.05, 0) is 37.8 Å². The van der Waals surface area contributed by atoms with Crippen LogP contribution in [0.5, 0.6) is 5.75 Å². The summed E-state index contributed by atoms with van der Waals surface area (Å²) in [6.45, 7) is 2.01. The molecule has 1 saturated carbocycles. The van der Waals surface area contributed by atoms with Crippen molar-refractivity contribution < 1.29 is 5.11 Å². The molecular weight excluding hydrogens is 246 g/mol. The monoisotopic (exact) mass is 265 g/mol. The fourth-order valence-electron chi connectivity index (χ4n) is 3.61. The van der Waals surface area contributed by atoms with Crippen molar-refractivity contribution in [3.63, 3.8) is 0 Å². The second-order valence-corrected chi connectivity index (χ2v) is 6.03. The van der Waals surface area contributed by atoms with Gasteiger partial charge in [-0.3, -0.25) is 4.90 Å². The van der Waals surface area contributed by atoms with Crippen molar-refractivity contribution in [3.05, 3.63) is 28.8 Å². The Morgan fingerprint density at radius 3 is 2.94 bits per heavy atom. The van der Waals surface area contributed by atoms with Crippen LogP contribution < -0.4 is 0 Å². The molecule has 0 amide bonds. The van der Waals surface area contributed by atoms with Crippen molar-refractivity contribution >= 4 is 11.6 Å². The van der Waals surface area contributed by atoms with Gasteiger partial charge < -0.3 is 5.11 Å². The summed E-state index contributed by atoms with van der Waals surface area (Å²) in [7, 11) is 0. The first kappa shape index (κ1) is 12.3. The Bertz CT molecular complexity index is 435. The molecule has 0 aromatic heterocycles. The molecular formula is C15H20ClNO. The van der Waals surface area contributed by atoms with Gasteiger partial charge in [0.1, 0.15) is 5.75 Å². The highest BCUT2D eigenvalue weighted by molar-refractivity contribution is 6.32. The molecule has 1 heterocycles. The summed E-state index contributed by atoms with van der Waals surface area (Å²) in [5.74, 6) is 1.15. The minimum atomic E-state index is 0.262. The number of hydrogen-bond acceptors (Lipinski definition) is 2. The Morgan fingerprint density at radius 1 is 1.22 bits per heavy atom. The summed E-state index contributed by atoms with van der Waals surface area (Å²) in [4.78, 5) is 2.54. The van der Waals surface area contributed by atoms with E-state index in [9.17, 15) is 5.11 Å². The van der Waals surface area contributed by atoms with E-state index >= 15 is 0 Å². The van der Waals surface area contributed by atoms with Crippen molar-refractivity contribution in [1.82, 2.24) is 4.90 Å². The molecule has 1 saturated heterocycles. The lowest BCUT2D eigenvalue weighted by Crippen LogP contribution is -2.34. The Hall–Kier alpha value is -0.730. The maximum atomic E-state index is 10.00. The number of phenols is 1. The van der Waals surface area contributed by atoms with Crippen molar-refractivity contribution in [2.24, 2.45) is 5.92 Å². The minimum Gasteiger partial charge on any atom is -0.506 e. The number of fused-ring (bicyclic) bond motifs is 1. The molecule has 2 unspecified atom stereocenters. The van der Waals surface area contributed by atoms with Crippen LogP contribution >= 0.6 is 11.6 Å². The Morgan fingerprint density at radius 2 is 2.06 bits per heavy atom. The number of para-hydroxylation sites is 1. The predicted molar refractivity (Wildman–Crippen MR) is 73.9 cm³/mol. The van der Waals surface area contributed by atoms with Crippen molar-refractivity contribution in [1.29, 1.82) is 0 Å². The molecule has 1 aliphatic carbocycles. The molecule has 1 aromatic carbocycles. The Kier molecular flexibility index (Phi) is 3.49. The summed E-state index contributed by atoms with van der Waals surface area (Å²) in [6.07, 6.45) is 6.80. The van der Waals surface area contributed by atoms with Crippen molar-refractivity contribution in [2.45, 2.75) is 44.7 Å². The van der Waals surface area contributed by atoms with Gasteiger partial charge in [0.2, 0.25) is 0 Å². The normalized spacial score (nSPS) is 28.3. The zero-order valence-electron chi connectivity index (χ0n) is 10.6. The first-order valence-corrected chi connectivity index (χ1v) is 7.34. The number of phenolic OH excluding ortho intramolecular Hbond substituents is 1. The molecule has 0 bridgehead atoms. The Labute approximate surface area is 114 Å². The molecule has 2 atom stereocenters. The van der Waals surface area contributed by atoms with Gasteiger partial charge >= 0.3 is 0 Å². The van der Waals surface area contributed by atoms with Gasteiger partial charge in [0.15, 0.2) is 0 Å². The molecule has 1 aliphatic heterocycles. The van der Waals surface area contributed by atoms with Gasteiger partial charge in [0, 0.05) is 18.2 Å². The highest BCUT2D eigenvalue weighted by atomic mass is 35.5. The molecule has 98 valence electrons. The van der Waals surface area contributed by atoms with Crippen LogP contribution in [0.25, 0.3) is 0 Å². The summed E-state index contributed by atoms with van der Waals surface area (Å²) < 4.78 is 0. The number of benzene rings is 1. The molecule has 1 N–H and O–H groups in total. The lowest BCUT2D eigenvalue weighted by molar-refractivity contribution is 0.174. The first-order chi connectivity index (χ1) is 8.75. The maximum absolute atomic E-state index is 10.00. The SMILES string of the molecule is Oc1c(Cl)cccc1CN1CCC2CCCCC21. The number of halogens is 1. The maximum Gasteiger partial charge on any atom is 0.138 e. The molecule has 0 radical (unpaired) electrons. The molecule has 3 rings (SSSR count). The van der Waals surface area contributed by atoms with Gasteiger partial charge in [0.25, 0.3) is 0 Å². The fourth-order valence-corrected chi connectivity index (χ4v) is 3.80. The van der Waals surface area contributed by atoms with Crippen LogP contribution in [-0.2, 0) is 6.54 Å². The van der Waals surface area contributed by atoms with Gasteiger partial charge in [-0.15, -0.1) is 0 Å². The number of likely N-dealkylation sites (tertiary alicyclic amines) is 1. The number of hydrogen-bond donors (Lipinski definition) is 1. The molecule has 0 spiro atoms. The van der Waals surface area contributed by atoms with Crippen LogP contribution in [0.1, 0.15) is 37.7 Å². The highest BCUT2D eigenvalue weighted by Gasteiger charge is 2.35. The van der Waals surface area contributed by atoms with Crippen molar-refractivity contribution in [2.75, 3.05) is 6.54 Å². The molecule has 2 aliphatic rings. The predicted octanol–water partition coefficient (Wildman–Crippen LogP) is 3.81. The number of nitrogens with zero attached hydrogens (tertiary/aromatic N) is 1. The molecule has 3 heteroatoms. The van der Waals surface area contributed by atoms with E-state index in [1.165, 1.54) is 38.6 Å². The first-order valence-electron chi connectivity index (χ1n) is 6.96. The van der Waals surface area contributed by atoms with Crippen LogP contribution in [0.4, 0.5) is 0 Å². The van der Waals surface area contributed by atoms with Crippen LogP contribution in [-0.4, -0.2) is 22.6 Å². The van der Waals surface area contributed by atoms with Crippen LogP contribution in [0.2, 0.25) is 5.02 Å². The molecule has 2 nitrogen and oxygen atoms in total. The summed E-state index contributed by atoms with van der Waals surface area (Å²) >= 11 is 5.97. The summed E-state index contributed by atoms with van der Waals surface area (Å²) in [5.41, 5.74) is 0.966. The average molecular weight is 266 g/mol. The summed E-state index contributed by atoms with van der Waals surface area (Å²) in [5, 5.41) is 10.5. The second-order valence-electron chi connectivity index (χ2n) is 5.62. The third-order valence-corrected chi connectivity index (χ3v) is 4.87. The van der Waals surface area contributed by atoms with Gasteiger partial charge in [-0.2, -0.15) is 0 Å². The average Bonchev–Trinajstić information content (AvgIpc) is 2.79. The van der Waals surface area contributed by atoms with E-state index in [0.29, 0.717) is 5.02 Å². The van der Waals surface area contributed by atoms with E-state index in [4.69, 9.17) is 11.6 Å². The van der Waals surface area contributed by atoms with E-state index in [-0.39, 0.29) is 5.75 Å². The number of rotatable bonds is 2. The zero-order chi connectivity index (χ0) is 12.5. The third-order valence-electron chi connectivity index (χ3n) is 4.57. The summed E-state index contributed by atoms with van der Waals surface area (Å²) in [6, 6.07) is 6.38. The van der Waals surface area contributed by atoms with Gasteiger partial charge in [-0.1, -0.05) is 36.6 Å². The lowest BCUT2D eigenvalue weighted by atomic mass is 9.85. The van der Waals surface area contributed by atoms with Gasteiger partial charge in [-0.25, -0.2) is 0 Å². The van der Waals surface area contributed by atoms with E-state index < -0.39 is 0 Å². The largest absolute Gasteiger partial charge is 0.506 e. The molecule has 18 heavy (non-hydrogen) atoms. The van der Waals surface area contributed by atoms with Gasteiger partial charge in [0.05, 0.1) is 5.02 Å². The van der Waals surface area contributed by atoms with E-state index in [1.54, 1.807) is 6.07 Å². The topological polar surface area (TPSA) is 23.5 Å². The molecule has 1 aromatic rings. The lowest BCUT2D eigenvalue weighted by Gasteiger charge is -2.31. The van der Waals surface area contributed by atoms with E-state index in [1.807, 2.05) is 12.1 Å². The van der Waals surface area contributed by atoms with E-state index in [2.05, 4.69) is 4.90 Å².